The van der Waals surface area contributed by atoms with Crippen LogP contribution in [-0.4, -0.2) is 48.4 Å². The second-order valence-corrected chi connectivity index (χ2v) is 7.95. The molecule has 2 aliphatic heterocycles. The molecule has 1 saturated heterocycles. The average Bonchev–Trinajstić information content (AvgIpc) is 3.09. The first-order chi connectivity index (χ1) is 14.8. The predicted molar refractivity (Wildman–Crippen MR) is 104 cm³/mol. The highest BCUT2D eigenvalue weighted by Crippen LogP contribution is 2.48. The van der Waals surface area contributed by atoms with Crippen molar-refractivity contribution < 1.29 is 41.0 Å². The number of halogens is 5. The molecular formula is C21H23F5N2O4. The van der Waals surface area contributed by atoms with Gasteiger partial charge in [-0.1, -0.05) is 0 Å². The normalized spacial score (nSPS) is 18.4. The van der Waals surface area contributed by atoms with E-state index in [4.69, 9.17) is 9.47 Å². The lowest BCUT2D eigenvalue weighted by atomic mass is 9.87. The number of nitrogens with zero attached hydrogens (tertiary/aromatic N) is 1. The molecule has 1 N–H and O–H groups in total. The molecule has 32 heavy (non-hydrogen) atoms. The van der Waals surface area contributed by atoms with E-state index in [1.807, 2.05) is 0 Å². The van der Waals surface area contributed by atoms with Crippen LogP contribution in [0.25, 0.3) is 5.70 Å². The smallest absolute Gasteiger partial charge is 0.458 e. The molecule has 3 rings (SSSR count). The number of nitrogens with one attached hydrogen (secondary N) is 1. The number of likely N-dealkylation sites (tertiary alicyclic amines) is 1. The van der Waals surface area contributed by atoms with Gasteiger partial charge < -0.3 is 19.7 Å². The second-order valence-electron chi connectivity index (χ2n) is 7.95. The van der Waals surface area contributed by atoms with Crippen molar-refractivity contribution in [2.75, 3.05) is 19.7 Å². The summed E-state index contributed by atoms with van der Waals surface area (Å²) in [5.74, 6) is -5.34. The molecule has 2 aliphatic rings. The number of carbonyl (C=O) groups excluding carboxylic acids is 2. The first-order valence-corrected chi connectivity index (χ1v) is 10.0. The van der Waals surface area contributed by atoms with Crippen LogP contribution in [-0.2, 0) is 15.5 Å². The third-order valence-corrected chi connectivity index (χ3v) is 5.36. The van der Waals surface area contributed by atoms with Gasteiger partial charge in [-0.3, -0.25) is 4.79 Å². The van der Waals surface area contributed by atoms with Gasteiger partial charge in [-0.15, -0.1) is 0 Å². The van der Waals surface area contributed by atoms with Gasteiger partial charge in [0.05, 0.1) is 12.3 Å². The van der Waals surface area contributed by atoms with Crippen molar-refractivity contribution in [2.24, 2.45) is 0 Å². The first kappa shape index (κ1) is 23.8. The van der Waals surface area contributed by atoms with Gasteiger partial charge in [-0.25, -0.2) is 4.79 Å². The minimum absolute atomic E-state index is 0.0614. The number of hydrogen-bond acceptors (Lipinski definition) is 4. The topological polar surface area (TPSA) is 67.9 Å². The third kappa shape index (κ3) is 4.24. The summed E-state index contributed by atoms with van der Waals surface area (Å²) in [4.78, 5) is 25.7. The molecule has 0 bridgehead atoms. The van der Waals surface area contributed by atoms with E-state index in [2.05, 4.69) is 5.32 Å². The van der Waals surface area contributed by atoms with Crippen molar-refractivity contribution in [3.8, 4) is 5.75 Å². The third-order valence-electron chi connectivity index (χ3n) is 5.36. The van der Waals surface area contributed by atoms with E-state index < -0.39 is 29.4 Å². The van der Waals surface area contributed by atoms with Crippen molar-refractivity contribution >= 4 is 17.7 Å². The standard InChI is InChI=1S/C21H23F5N2O4/c1-4-31-18(30)27-11-14-17(28-9-5-6-16(28)29)13-10-12(20(22,23)21(24,25)26)7-8-15(13)32-19(14,2)3/h7-8,10H,4-6,9,11H2,1-3H3,(H,27,30). The number of alkyl carbamates (subject to hydrolysis) is 1. The van der Waals surface area contributed by atoms with Crippen molar-refractivity contribution in [1.29, 1.82) is 0 Å². The Hall–Kier alpha value is -2.85. The lowest BCUT2D eigenvalue weighted by molar-refractivity contribution is -0.289. The molecular weight excluding hydrogens is 439 g/mol. The number of carbonyl (C=O) groups is 2. The van der Waals surface area contributed by atoms with Gasteiger partial charge in [0.2, 0.25) is 5.91 Å². The Balaban J connectivity index is 2.18. The highest BCUT2D eigenvalue weighted by Gasteiger charge is 2.59. The Bertz CT molecular complexity index is 956. The molecule has 0 aromatic heterocycles. The summed E-state index contributed by atoms with van der Waals surface area (Å²) in [7, 11) is 0. The summed E-state index contributed by atoms with van der Waals surface area (Å²) in [5.41, 5.74) is -1.93. The summed E-state index contributed by atoms with van der Waals surface area (Å²) in [6.07, 6.45) is -5.84. The number of rotatable bonds is 5. The second kappa shape index (κ2) is 8.25. The molecule has 0 aliphatic carbocycles. The van der Waals surface area contributed by atoms with E-state index in [9.17, 15) is 31.5 Å². The summed E-state index contributed by atoms with van der Waals surface area (Å²) >= 11 is 0. The summed E-state index contributed by atoms with van der Waals surface area (Å²) in [5, 5.41) is 2.51. The lowest BCUT2D eigenvalue weighted by Gasteiger charge is -2.40. The molecule has 1 aromatic rings. The molecule has 1 aromatic carbocycles. The van der Waals surface area contributed by atoms with Gasteiger partial charge in [0, 0.05) is 36.2 Å². The molecule has 11 heteroatoms. The number of alkyl halides is 5. The van der Waals surface area contributed by atoms with Crippen LogP contribution in [0, 0.1) is 0 Å². The maximum Gasteiger partial charge on any atom is 0.458 e. The van der Waals surface area contributed by atoms with E-state index >= 15 is 0 Å². The highest BCUT2D eigenvalue weighted by molar-refractivity contribution is 5.92. The molecule has 2 heterocycles. The zero-order chi connectivity index (χ0) is 23.9. The quantitative estimate of drug-likeness (QED) is 0.650. The Morgan fingerprint density at radius 1 is 1.25 bits per heavy atom. The SMILES string of the molecule is CCOC(=O)NCC1=C(N2CCCC2=O)c2cc(C(F)(F)C(F)(F)F)ccc2OC1(C)C. The molecule has 0 unspecified atom stereocenters. The van der Waals surface area contributed by atoms with Crippen LogP contribution in [0.5, 0.6) is 5.75 Å². The Morgan fingerprint density at radius 2 is 1.94 bits per heavy atom. The average molecular weight is 462 g/mol. The van der Waals surface area contributed by atoms with E-state index in [0.29, 0.717) is 24.1 Å². The van der Waals surface area contributed by atoms with Gasteiger partial charge in [0.1, 0.15) is 11.4 Å². The fourth-order valence-corrected chi connectivity index (χ4v) is 3.78. The van der Waals surface area contributed by atoms with Gasteiger partial charge in [0.25, 0.3) is 0 Å². The van der Waals surface area contributed by atoms with Crippen molar-refractivity contribution in [2.45, 2.75) is 51.3 Å². The molecule has 6 nitrogen and oxygen atoms in total. The van der Waals surface area contributed by atoms with Gasteiger partial charge >= 0.3 is 18.2 Å². The summed E-state index contributed by atoms with van der Waals surface area (Å²) < 4.78 is 77.8. The van der Waals surface area contributed by atoms with Crippen LogP contribution in [0.2, 0.25) is 0 Å². The van der Waals surface area contributed by atoms with Gasteiger partial charge in [0.15, 0.2) is 0 Å². The van der Waals surface area contributed by atoms with Crippen LogP contribution in [0.3, 0.4) is 0 Å². The molecule has 0 spiro atoms. The van der Waals surface area contributed by atoms with Gasteiger partial charge in [-0.2, -0.15) is 22.0 Å². The fraction of sp³-hybridized carbons (Fsp3) is 0.524. The molecule has 176 valence electrons. The largest absolute Gasteiger partial charge is 0.483 e. The van der Waals surface area contributed by atoms with E-state index in [-0.39, 0.29) is 49.0 Å². The lowest BCUT2D eigenvalue weighted by Crippen LogP contribution is -2.43. The first-order valence-electron chi connectivity index (χ1n) is 10.0. The van der Waals surface area contributed by atoms with Crippen LogP contribution < -0.4 is 10.1 Å². The monoisotopic (exact) mass is 462 g/mol. The van der Waals surface area contributed by atoms with Crippen LogP contribution >= 0.6 is 0 Å². The van der Waals surface area contributed by atoms with E-state index in [0.717, 1.165) is 6.07 Å². The molecule has 1 fully saturated rings. The van der Waals surface area contributed by atoms with E-state index in [1.165, 1.54) is 4.90 Å². The number of amides is 2. The van der Waals surface area contributed by atoms with E-state index in [1.54, 1.807) is 20.8 Å². The van der Waals surface area contributed by atoms with Crippen molar-refractivity contribution in [3.63, 3.8) is 0 Å². The molecule has 0 radical (unpaired) electrons. The zero-order valence-electron chi connectivity index (χ0n) is 17.7. The summed E-state index contributed by atoms with van der Waals surface area (Å²) in [6.45, 7) is 5.12. The zero-order valence-corrected chi connectivity index (χ0v) is 17.7. The van der Waals surface area contributed by atoms with Crippen LogP contribution in [0.15, 0.2) is 23.8 Å². The van der Waals surface area contributed by atoms with Crippen molar-refractivity contribution in [1.82, 2.24) is 10.2 Å². The maximum atomic E-state index is 14.1. The highest BCUT2D eigenvalue weighted by atomic mass is 19.4. The number of hydrogen-bond donors (Lipinski definition) is 1. The minimum atomic E-state index is -5.79. The maximum absolute atomic E-state index is 14.1. The predicted octanol–water partition coefficient (Wildman–Crippen LogP) is 4.59. The Labute approximate surface area is 181 Å². The Kier molecular flexibility index (Phi) is 6.14. The van der Waals surface area contributed by atoms with Crippen molar-refractivity contribution in [3.05, 3.63) is 34.9 Å². The van der Waals surface area contributed by atoms with Crippen LogP contribution in [0.4, 0.5) is 26.7 Å². The molecule has 0 saturated carbocycles. The number of benzene rings is 1. The number of fused-ring (bicyclic) bond motifs is 1. The molecule has 2 amide bonds. The fourth-order valence-electron chi connectivity index (χ4n) is 3.78. The summed E-state index contributed by atoms with van der Waals surface area (Å²) in [6, 6.07) is 2.40. The number of ether oxygens (including phenoxy) is 2. The van der Waals surface area contributed by atoms with Crippen LogP contribution in [0.1, 0.15) is 44.7 Å². The Morgan fingerprint density at radius 3 is 2.50 bits per heavy atom. The molecule has 0 atom stereocenters. The van der Waals surface area contributed by atoms with Gasteiger partial charge in [-0.05, 0) is 45.4 Å². The minimum Gasteiger partial charge on any atom is -0.483 e.